The Balaban J connectivity index is 0.00000220. The number of ether oxygens (including phenoxy) is 1. The maximum Gasteiger partial charge on any atom is 0.120 e. The summed E-state index contributed by atoms with van der Waals surface area (Å²) in [5, 5.41) is 3.28. The van der Waals surface area contributed by atoms with Gasteiger partial charge in [0.05, 0.1) is 0 Å². The van der Waals surface area contributed by atoms with Gasteiger partial charge in [-0.15, -0.1) is 19.0 Å². The summed E-state index contributed by atoms with van der Waals surface area (Å²) in [7, 11) is 0. The molecule has 0 aliphatic carbocycles. The summed E-state index contributed by atoms with van der Waals surface area (Å²) in [6.45, 7) is 8.02. The van der Waals surface area contributed by atoms with Crippen LogP contribution in [0.4, 0.5) is 0 Å². The Kier molecular flexibility index (Phi) is 7.59. The van der Waals surface area contributed by atoms with Crippen LogP contribution in [-0.4, -0.2) is 6.54 Å². The molecule has 112 valence electrons. The predicted octanol–water partition coefficient (Wildman–Crippen LogP) is 4.27. The van der Waals surface area contributed by atoms with Gasteiger partial charge in [-0.05, 0) is 30.2 Å². The van der Waals surface area contributed by atoms with Gasteiger partial charge in [0.2, 0.25) is 0 Å². The molecule has 0 aliphatic rings. The predicted molar refractivity (Wildman–Crippen MR) is 91.1 cm³/mol. The van der Waals surface area contributed by atoms with E-state index in [0.717, 1.165) is 18.8 Å². The fourth-order valence-electron chi connectivity index (χ4n) is 1.91. The molecular formula is C18H22ClNO. The summed E-state index contributed by atoms with van der Waals surface area (Å²) in [5.74, 6) is 0.906. The van der Waals surface area contributed by atoms with E-state index in [2.05, 4.69) is 55.2 Å². The molecule has 0 spiro atoms. The summed E-state index contributed by atoms with van der Waals surface area (Å²) in [6.07, 6.45) is 1.86. The smallest absolute Gasteiger partial charge is 0.120 e. The lowest BCUT2D eigenvalue weighted by Crippen LogP contribution is -2.12. The molecule has 0 radical (unpaired) electrons. The standard InChI is InChI=1S/C18H21NO.ClH/c1-3-11-19-13-17-5-4-6-18(12-17)20-14-16-9-7-15(2)8-10-16;/h3-10,12,19H,1,11,13-14H2,2H3;1H. The lowest BCUT2D eigenvalue weighted by molar-refractivity contribution is 0.306. The van der Waals surface area contributed by atoms with Crippen molar-refractivity contribution >= 4 is 12.4 Å². The number of rotatable bonds is 7. The number of nitrogens with one attached hydrogen (secondary N) is 1. The highest BCUT2D eigenvalue weighted by Crippen LogP contribution is 2.15. The van der Waals surface area contributed by atoms with Crippen LogP contribution in [-0.2, 0) is 13.2 Å². The van der Waals surface area contributed by atoms with Gasteiger partial charge in [-0.1, -0.05) is 48.0 Å². The molecule has 0 aliphatic heterocycles. The largest absolute Gasteiger partial charge is 0.489 e. The average molecular weight is 304 g/mol. The second-order valence-corrected chi connectivity index (χ2v) is 4.84. The zero-order valence-corrected chi connectivity index (χ0v) is 13.2. The highest BCUT2D eigenvalue weighted by Gasteiger charge is 1.98. The molecule has 21 heavy (non-hydrogen) atoms. The van der Waals surface area contributed by atoms with E-state index in [1.54, 1.807) is 0 Å². The Morgan fingerprint density at radius 2 is 1.86 bits per heavy atom. The van der Waals surface area contributed by atoms with Crippen molar-refractivity contribution in [2.75, 3.05) is 6.54 Å². The first-order valence-corrected chi connectivity index (χ1v) is 6.87. The van der Waals surface area contributed by atoms with Gasteiger partial charge in [0.25, 0.3) is 0 Å². The molecule has 0 amide bonds. The lowest BCUT2D eigenvalue weighted by atomic mass is 10.2. The van der Waals surface area contributed by atoms with Crippen LogP contribution in [0.3, 0.4) is 0 Å². The summed E-state index contributed by atoms with van der Waals surface area (Å²) >= 11 is 0. The average Bonchev–Trinajstić information content (AvgIpc) is 2.47. The van der Waals surface area contributed by atoms with Crippen LogP contribution in [0.5, 0.6) is 5.75 Å². The first kappa shape index (κ1) is 17.3. The van der Waals surface area contributed by atoms with Crippen LogP contribution < -0.4 is 10.1 Å². The minimum Gasteiger partial charge on any atom is -0.489 e. The molecular weight excluding hydrogens is 282 g/mol. The van der Waals surface area contributed by atoms with E-state index in [4.69, 9.17) is 4.74 Å². The van der Waals surface area contributed by atoms with Crippen LogP contribution in [0, 0.1) is 6.92 Å². The Morgan fingerprint density at radius 1 is 1.10 bits per heavy atom. The van der Waals surface area contributed by atoms with Crippen molar-refractivity contribution in [3.63, 3.8) is 0 Å². The van der Waals surface area contributed by atoms with Gasteiger partial charge in [0, 0.05) is 13.1 Å². The third-order valence-corrected chi connectivity index (χ3v) is 3.04. The van der Waals surface area contributed by atoms with Crippen LogP contribution in [0.2, 0.25) is 0 Å². The number of hydrogen-bond acceptors (Lipinski definition) is 2. The summed E-state index contributed by atoms with van der Waals surface area (Å²) in [4.78, 5) is 0. The third-order valence-electron chi connectivity index (χ3n) is 3.04. The van der Waals surface area contributed by atoms with Crippen molar-refractivity contribution in [3.8, 4) is 5.75 Å². The molecule has 0 saturated carbocycles. The quantitative estimate of drug-likeness (QED) is 0.609. The molecule has 0 heterocycles. The van der Waals surface area contributed by atoms with Gasteiger partial charge in [0.1, 0.15) is 12.4 Å². The molecule has 0 saturated heterocycles. The van der Waals surface area contributed by atoms with E-state index in [0.29, 0.717) is 6.61 Å². The molecule has 0 unspecified atom stereocenters. The summed E-state index contributed by atoms with van der Waals surface area (Å²) < 4.78 is 5.83. The molecule has 2 nitrogen and oxygen atoms in total. The van der Waals surface area contributed by atoms with Crippen molar-refractivity contribution in [2.45, 2.75) is 20.1 Å². The lowest BCUT2D eigenvalue weighted by Gasteiger charge is -2.09. The zero-order chi connectivity index (χ0) is 14.2. The fraction of sp³-hybridized carbons (Fsp3) is 0.222. The van der Waals surface area contributed by atoms with E-state index in [1.807, 2.05) is 18.2 Å². The number of hydrogen-bond donors (Lipinski definition) is 1. The minimum atomic E-state index is 0. The molecule has 0 fully saturated rings. The van der Waals surface area contributed by atoms with E-state index in [-0.39, 0.29) is 12.4 Å². The van der Waals surface area contributed by atoms with Crippen LogP contribution in [0.25, 0.3) is 0 Å². The Labute approximate surface area is 133 Å². The Bertz CT molecular complexity index is 551. The Morgan fingerprint density at radius 3 is 2.57 bits per heavy atom. The van der Waals surface area contributed by atoms with Crippen LogP contribution in [0.15, 0.2) is 61.2 Å². The molecule has 2 aromatic carbocycles. The SMILES string of the molecule is C=CCNCc1cccc(OCc2ccc(C)cc2)c1.Cl. The van der Waals surface area contributed by atoms with Gasteiger partial charge >= 0.3 is 0 Å². The zero-order valence-electron chi connectivity index (χ0n) is 12.3. The van der Waals surface area contributed by atoms with E-state index in [1.165, 1.54) is 16.7 Å². The first-order chi connectivity index (χ1) is 9.78. The van der Waals surface area contributed by atoms with Crippen molar-refractivity contribution in [2.24, 2.45) is 0 Å². The molecule has 2 aromatic rings. The fourth-order valence-corrected chi connectivity index (χ4v) is 1.91. The third kappa shape index (κ3) is 6.03. The van der Waals surface area contributed by atoms with Gasteiger partial charge in [0.15, 0.2) is 0 Å². The first-order valence-electron chi connectivity index (χ1n) is 6.87. The normalized spacial score (nSPS) is 9.76. The number of halogens is 1. The van der Waals surface area contributed by atoms with Crippen molar-refractivity contribution in [1.82, 2.24) is 5.32 Å². The van der Waals surface area contributed by atoms with E-state index in [9.17, 15) is 0 Å². The van der Waals surface area contributed by atoms with Crippen molar-refractivity contribution in [3.05, 3.63) is 77.9 Å². The van der Waals surface area contributed by atoms with E-state index < -0.39 is 0 Å². The maximum atomic E-state index is 5.83. The molecule has 0 atom stereocenters. The van der Waals surface area contributed by atoms with E-state index >= 15 is 0 Å². The summed E-state index contributed by atoms with van der Waals surface area (Å²) in [5.41, 5.74) is 3.67. The molecule has 3 heteroatoms. The van der Waals surface area contributed by atoms with Gasteiger partial charge in [-0.25, -0.2) is 0 Å². The second kappa shape index (κ2) is 9.22. The molecule has 0 bridgehead atoms. The highest BCUT2D eigenvalue weighted by molar-refractivity contribution is 5.85. The maximum absolute atomic E-state index is 5.83. The number of benzene rings is 2. The topological polar surface area (TPSA) is 21.3 Å². The van der Waals surface area contributed by atoms with Gasteiger partial charge in [-0.3, -0.25) is 0 Å². The molecule has 1 N–H and O–H groups in total. The molecule has 0 aromatic heterocycles. The van der Waals surface area contributed by atoms with Crippen LogP contribution in [0.1, 0.15) is 16.7 Å². The Hall–Kier alpha value is -1.77. The van der Waals surface area contributed by atoms with Gasteiger partial charge < -0.3 is 10.1 Å². The summed E-state index contributed by atoms with van der Waals surface area (Å²) in [6, 6.07) is 16.6. The monoisotopic (exact) mass is 303 g/mol. The highest BCUT2D eigenvalue weighted by atomic mass is 35.5. The number of aryl methyl sites for hydroxylation is 1. The van der Waals surface area contributed by atoms with Crippen molar-refractivity contribution in [1.29, 1.82) is 0 Å². The van der Waals surface area contributed by atoms with Crippen LogP contribution >= 0.6 is 12.4 Å². The van der Waals surface area contributed by atoms with Gasteiger partial charge in [-0.2, -0.15) is 0 Å². The minimum absolute atomic E-state index is 0. The van der Waals surface area contributed by atoms with Crippen molar-refractivity contribution < 1.29 is 4.74 Å². The second-order valence-electron chi connectivity index (χ2n) is 4.84. The molecule has 2 rings (SSSR count).